The van der Waals surface area contributed by atoms with Crippen LogP contribution in [0, 0.1) is 12.7 Å². The van der Waals surface area contributed by atoms with E-state index < -0.39 is 5.60 Å². The number of ether oxygens (including phenoxy) is 1. The number of amides is 1. The second-order valence-corrected chi connectivity index (χ2v) is 6.93. The second kappa shape index (κ2) is 6.55. The van der Waals surface area contributed by atoms with Gasteiger partial charge in [0.2, 0.25) is 0 Å². The summed E-state index contributed by atoms with van der Waals surface area (Å²) in [4.78, 5) is 13.9. The van der Waals surface area contributed by atoms with Crippen LogP contribution in [-0.4, -0.2) is 35.7 Å². The molecule has 4 nitrogen and oxygen atoms in total. The van der Waals surface area contributed by atoms with E-state index in [1.54, 1.807) is 4.90 Å². The predicted octanol–water partition coefficient (Wildman–Crippen LogP) is 3.95. The number of rotatable bonds is 2. The van der Waals surface area contributed by atoms with Gasteiger partial charge in [-0.2, -0.15) is 0 Å². The summed E-state index contributed by atoms with van der Waals surface area (Å²) < 4.78 is 18.9. The highest BCUT2D eigenvalue weighted by Gasteiger charge is 2.27. The lowest BCUT2D eigenvalue weighted by atomic mass is 10.1. The molecule has 0 bridgehead atoms. The Morgan fingerprint density at radius 2 is 2.09 bits per heavy atom. The highest BCUT2D eigenvalue weighted by atomic mass is 19.1. The van der Waals surface area contributed by atoms with Crippen LogP contribution in [0.4, 0.5) is 14.9 Å². The highest BCUT2D eigenvalue weighted by molar-refractivity contribution is 5.68. The van der Waals surface area contributed by atoms with Gasteiger partial charge in [-0.15, -0.1) is 0 Å². The maximum atomic E-state index is 13.4. The molecule has 1 heterocycles. The standard InChI is InChI=1S/C17H25FN2O2/c1-12-8-13(18)10-15(9-12)19-14-6-5-7-20(11-14)16(21)22-17(2,3)4/h8-10,14,19H,5-7,11H2,1-4H3. The van der Waals surface area contributed by atoms with Crippen molar-refractivity contribution in [3.63, 3.8) is 0 Å². The summed E-state index contributed by atoms with van der Waals surface area (Å²) in [5, 5.41) is 3.32. The van der Waals surface area contributed by atoms with Gasteiger partial charge in [-0.1, -0.05) is 0 Å². The van der Waals surface area contributed by atoms with Crippen LogP contribution in [0.25, 0.3) is 0 Å². The normalized spacial score (nSPS) is 19.0. The third-order valence-corrected chi connectivity index (χ3v) is 3.49. The first-order valence-corrected chi connectivity index (χ1v) is 7.74. The molecule has 0 saturated carbocycles. The summed E-state index contributed by atoms with van der Waals surface area (Å²) in [5.74, 6) is -0.248. The Hall–Kier alpha value is -1.78. The molecule has 0 spiro atoms. The van der Waals surface area contributed by atoms with Crippen LogP contribution in [0.3, 0.4) is 0 Å². The first-order chi connectivity index (χ1) is 10.2. The fourth-order valence-electron chi connectivity index (χ4n) is 2.64. The lowest BCUT2D eigenvalue weighted by Gasteiger charge is -2.34. The van der Waals surface area contributed by atoms with Crippen molar-refractivity contribution in [1.29, 1.82) is 0 Å². The summed E-state index contributed by atoms with van der Waals surface area (Å²) in [5.41, 5.74) is 1.15. The van der Waals surface area contributed by atoms with Crippen molar-refractivity contribution in [2.75, 3.05) is 18.4 Å². The van der Waals surface area contributed by atoms with Crippen molar-refractivity contribution in [3.8, 4) is 0 Å². The molecule has 1 aromatic carbocycles. The number of hydrogen-bond donors (Lipinski definition) is 1. The Balaban J connectivity index is 1.97. The first kappa shape index (κ1) is 16.6. The lowest BCUT2D eigenvalue weighted by molar-refractivity contribution is 0.0206. The lowest BCUT2D eigenvalue weighted by Crippen LogP contribution is -2.47. The summed E-state index contributed by atoms with van der Waals surface area (Å²) in [6, 6.07) is 5.01. The Bertz CT molecular complexity index is 520. The Kier molecular flexibility index (Phi) is 4.94. The smallest absolute Gasteiger partial charge is 0.410 e. The third kappa shape index (κ3) is 4.90. The quantitative estimate of drug-likeness (QED) is 0.899. The molecule has 1 aliphatic rings. The minimum Gasteiger partial charge on any atom is -0.444 e. The van der Waals surface area contributed by atoms with E-state index in [1.807, 2.05) is 33.8 Å². The Labute approximate surface area is 131 Å². The van der Waals surface area contributed by atoms with Crippen LogP contribution in [0.5, 0.6) is 0 Å². The average Bonchev–Trinajstić information content (AvgIpc) is 2.35. The molecular weight excluding hydrogens is 283 g/mol. The first-order valence-electron chi connectivity index (χ1n) is 7.74. The van der Waals surface area contributed by atoms with E-state index in [9.17, 15) is 9.18 Å². The number of carbonyl (C=O) groups is 1. The summed E-state index contributed by atoms with van der Waals surface area (Å²) in [6.07, 6.45) is 1.58. The second-order valence-electron chi connectivity index (χ2n) is 6.93. The van der Waals surface area contributed by atoms with E-state index in [-0.39, 0.29) is 18.0 Å². The number of benzene rings is 1. The molecule has 2 rings (SSSR count). The van der Waals surface area contributed by atoms with Crippen molar-refractivity contribution in [2.45, 2.75) is 52.2 Å². The van der Waals surface area contributed by atoms with Crippen molar-refractivity contribution in [1.82, 2.24) is 4.90 Å². The van der Waals surface area contributed by atoms with Gasteiger partial charge in [-0.05, 0) is 64.3 Å². The van der Waals surface area contributed by atoms with E-state index in [0.717, 1.165) is 24.1 Å². The highest BCUT2D eigenvalue weighted by Crippen LogP contribution is 2.20. The van der Waals surface area contributed by atoms with Gasteiger partial charge in [-0.3, -0.25) is 0 Å². The topological polar surface area (TPSA) is 41.6 Å². The Morgan fingerprint density at radius 1 is 1.36 bits per heavy atom. The number of nitrogens with one attached hydrogen (secondary N) is 1. The largest absolute Gasteiger partial charge is 0.444 e. The zero-order chi connectivity index (χ0) is 16.3. The van der Waals surface area contributed by atoms with Crippen LogP contribution in [0.1, 0.15) is 39.2 Å². The van der Waals surface area contributed by atoms with Crippen molar-refractivity contribution < 1.29 is 13.9 Å². The zero-order valence-electron chi connectivity index (χ0n) is 13.8. The SMILES string of the molecule is Cc1cc(F)cc(NC2CCCN(C(=O)OC(C)(C)C)C2)c1. The van der Waals surface area contributed by atoms with Crippen molar-refractivity contribution in [2.24, 2.45) is 0 Å². The molecule has 1 N–H and O–H groups in total. The van der Waals surface area contributed by atoms with Gasteiger partial charge < -0.3 is 15.0 Å². The minimum atomic E-state index is -0.489. The van der Waals surface area contributed by atoms with Crippen LogP contribution >= 0.6 is 0 Å². The van der Waals surface area contributed by atoms with E-state index in [2.05, 4.69) is 5.32 Å². The molecule has 22 heavy (non-hydrogen) atoms. The van der Waals surface area contributed by atoms with Gasteiger partial charge in [0.1, 0.15) is 11.4 Å². The molecule has 0 aromatic heterocycles. The zero-order valence-corrected chi connectivity index (χ0v) is 13.8. The van der Waals surface area contributed by atoms with Crippen molar-refractivity contribution in [3.05, 3.63) is 29.6 Å². The van der Waals surface area contributed by atoms with Crippen LogP contribution in [-0.2, 0) is 4.74 Å². The number of aryl methyl sites for hydroxylation is 1. The molecule has 1 saturated heterocycles. The number of carbonyl (C=O) groups excluding carboxylic acids is 1. The molecule has 1 amide bonds. The molecule has 0 aliphatic carbocycles. The number of halogens is 1. The van der Waals surface area contributed by atoms with E-state index in [1.165, 1.54) is 12.1 Å². The van der Waals surface area contributed by atoms with Crippen LogP contribution in [0.15, 0.2) is 18.2 Å². The minimum absolute atomic E-state index is 0.113. The van der Waals surface area contributed by atoms with Gasteiger partial charge in [0, 0.05) is 24.8 Å². The molecule has 5 heteroatoms. The average molecular weight is 308 g/mol. The summed E-state index contributed by atoms with van der Waals surface area (Å²) in [7, 11) is 0. The Morgan fingerprint density at radius 3 is 2.73 bits per heavy atom. The molecule has 0 radical (unpaired) electrons. The van der Waals surface area contributed by atoms with Crippen molar-refractivity contribution >= 4 is 11.8 Å². The summed E-state index contributed by atoms with van der Waals surface area (Å²) in [6.45, 7) is 8.72. The monoisotopic (exact) mass is 308 g/mol. The van der Waals surface area contributed by atoms with Gasteiger partial charge in [0.15, 0.2) is 0 Å². The molecule has 1 atom stereocenters. The van der Waals surface area contributed by atoms with Gasteiger partial charge >= 0.3 is 6.09 Å². The molecule has 122 valence electrons. The maximum absolute atomic E-state index is 13.4. The maximum Gasteiger partial charge on any atom is 0.410 e. The number of hydrogen-bond acceptors (Lipinski definition) is 3. The van der Waals surface area contributed by atoms with E-state index in [0.29, 0.717) is 13.1 Å². The number of nitrogens with zero attached hydrogens (tertiary/aromatic N) is 1. The molecule has 1 aliphatic heterocycles. The van der Waals surface area contributed by atoms with Gasteiger partial charge in [-0.25, -0.2) is 9.18 Å². The third-order valence-electron chi connectivity index (χ3n) is 3.49. The van der Waals surface area contributed by atoms with Crippen LogP contribution in [0.2, 0.25) is 0 Å². The number of anilines is 1. The van der Waals surface area contributed by atoms with E-state index in [4.69, 9.17) is 4.74 Å². The number of piperidine rings is 1. The fourth-order valence-corrected chi connectivity index (χ4v) is 2.64. The molecule has 1 fully saturated rings. The van der Waals surface area contributed by atoms with E-state index >= 15 is 0 Å². The summed E-state index contributed by atoms with van der Waals surface area (Å²) >= 11 is 0. The fraction of sp³-hybridized carbons (Fsp3) is 0.588. The molecule has 1 unspecified atom stereocenters. The predicted molar refractivity (Wildman–Crippen MR) is 85.6 cm³/mol. The van der Waals surface area contributed by atoms with Crippen LogP contribution < -0.4 is 5.32 Å². The molecule has 1 aromatic rings. The number of likely N-dealkylation sites (tertiary alicyclic amines) is 1. The van der Waals surface area contributed by atoms with Gasteiger partial charge in [0.25, 0.3) is 0 Å². The van der Waals surface area contributed by atoms with Gasteiger partial charge in [0.05, 0.1) is 0 Å². The molecular formula is C17H25FN2O2.